The molecule has 0 atom stereocenters. The van der Waals surface area contributed by atoms with Gasteiger partial charge in [0.2, 0.25) is 0 Å². The SMILES string of the molecule is CCc1nn(C)c(CC(=O)c2ccc(Cl)cc2C)c1Br. The molecule has 5 heteroatoms. The van der Waals surface area contributed by atoms with E-state index in [2.05, 4.69) is 21.0 Å². The molecule has 0 spiro atoms. The van der Waals surface area contributed by atoms with E-state index in [0.717, 1.165) is 27.8 Å². The molecule has 0 aliphatic rings. The van der Waals surface area contributed by atoms with Crippen LogP contribution in [0.4, 0.5) is 0 Å². The summed E-state index contributed by atoms with van der Waals surface area (Å²) in [5.41, 5.74) is 3.49. The molecule has 0 amide bonds. The van der Waals surface area contributed by atoms with Crippen LogP contribution in [0.3, 0.4) is 0 Å². The quantitative estimate of drug-likeness (QED) is 0.773. The van der Waals surface area contributed by atoms with Crippen molar-refractivity contribution in [2.45, 2.75) is 26.7 Å². The summed E-state index contributed by atoms with van der Waals surface area (Å²) >= 11 is 9.46. The van der Waals surface area contributed by atoms with Gasteiger partial charge in [-0.2, -0.15) is 5.10 Å². The molecule has 0 N–H and O–H groups in total. The summed E-state index contributed by atoms with van der Waals surface area (Å²) in [7, 11) is 1.86. The van der Waals surface area contributed by atoms with Crippen LogP contribution in [0, 0.1) is 6.92 Å². The minimum atomic E-state index is 0.0746. The van der Waals surface area contributed by atoms with Crippen LogP contribution in [0.1, 0.15) is 34.2 Å². The number of aromatic nitrogens is 2. The molecule has 0 aliphatic heterocycles. The second kappa shape index (κ2) is 6.10. The number of carbonyl (C=O) groups excluding carboxylic acids is 1. The highest BCUT2D eigenvalue weighted by molar-refractivity contribution is 9.10. The van der Waals surface area contributed by atoms with Crippen LogP contribution in [-0.2, 0) is 19.9 Å². The van der Waals surface area contributed by atoms with Crippen molar-refractivity contribution in [2.75, 3.05) is 0 Å². The summed E-state index contributed by atoms with van der Waals surface area (Å²) in [6, 6.07) is 5.34. The number of rotatable bonds is 4. The molecule has 20 heavy (non-hydrogen) atoms. The maximum Gasteiger partial charge on any atom is 0.169 e. The van der Waals surface area contributed by atoms with Crippen molar-refractivity contribution >= 4 is 33.3 Å². The van der Waals surface area contributed by atoms with Crippen molar-refractivity contribution in [3.05, 3.63) is 50.2 Å². The van der Waals surface area contributed by atoms with Gasteiger partial charge in [-0.15, -0.1) is 0 Å². The first-order valence-electron chi connectivity index (χ1n) is 6.43. The number of hydrogen-bond acceptors (Lipinski definition) is 2. The van der Waals surface area contributed by atoms with E-state index in [9.17, 15) is 4.79 Å². The van der Waals surface area contributed by atoms with E-state index in [1.54, 1.807) is 16.8 Å². The normalized spacial score (nSPS) is 10.8. The van der Waals surface area contributed by atoms with Crippen LogP contribution in [-0.4, -0.2) is 15.6 Å². The third-order valence-corrected chi connectivity index (χ3v) is 4.47. The van der Waals surface area contributed by atoms with Crippen LogP contribution < -0.4 is 0 Å². The van der Waals surface area contributed by atoms with E-state index >= 15 is 0 Å². The standard InChI is InChI=1S/C15H16BrClN2O/c1-4-12-15(16)13(19(3)18-12)8-14(20)11-6-5-10(17)7-9(11)2/h5-7H,4,8H2,1-3H3. The van der Waals surface area contributed by atoms with Gasteiger partial charge in [0.25, 0.3) is 0 Å². The predicted molar refractivity (Wildman–Crippen MR) is 84.5 cm³/mol. The molecule has 1 aromatic heterocycles. The van der Waals surface area contributed by atoms with Crippen LogP contribution in [0.25, 0.3) is 0 Å². The van der Waals surface area contributed by atoms with Crippen molar-refractivity contribution in [3.63, 3.8) is 0 Å². The zero-order valence-electron chi connectivity index (χ0n) is 11.7. The summed E-state index contributed by atoms with van der Waals surface area (Å²) < 4.78 is 2.70. The summed E-state index contributed by atoms with van der Waals surface area (Å²) in [6.07, 6.45) is 1.16. The molecule has 2 rings (SSSR count). The molecular weight excluding hydrogens is 340 g/mol. The van der Waals surface area contributed by atoms with Gasteiger partial charge >= 0.3 is 0 Å². The number of aryl methyl sites for hydroxylation is 3. The van der Waals surface area contributed by atoms with Crippen molar-refractivity contribution in [1.29, 1.82) is 0 Å². The minimum Gasteiger partial charge on any atom is -0.294 e. The fourth-order valence-electron chi connectivity index (χ4n) is 2.20. The lowest BCUT2D eigenvalue weighted by Crippen LogP contribution is -2.09. The van der Waals surface area contributed by atoms with Crippen LogP contribution >= 0.6 is 27.5 Å². The van der Waals surface area contributed by atoms with Gasteiger partial charge in [-0.25, -0.2) is 0 Å². The summed E-state index contributed by atoms with van der Waals surface area (Å²) in [5, 5.41) is 5.06. The molecule has 0 radical (unpaired) electrons. The fraction of sp³-hybridized carbons (Fsp3) is 0.333. The molecule has 106 valence electrons. The van der Waals surface area contributed by atoms with Gasteiger partial charge in [-0.3, -0.25) is 9.48 Å². The zero-order valence-corrected chi connectivity index (χ0v) is 14.0. The van der Waals surface area contributed by atoms with Crippen molar-refractivity contribution in [3.8, 4) is 0 Å². The zero-order chi connectivity index (χ0) is 14.9. The van der Waals surface area contributed by atoms with E-state index in [1.165, 1.54) is 0 Å². The van der Waals surface area contributed by atoms with Crippen LogP contribution in [0.2, 0.25) is 5.02 Å². The molecule has 1 aromatic carbocycles. The average molecular weight is 356 g/mol. The minimum absolute atomic E-state index is 0.0746. The maximum atomic E-state index is 12.4. The highest BCUT2D eigenvalue weighted by Gasteiger charge is 2.17. The van der Waals surface area contributed by atoms with E-state index in [0.29, 0.717) is 17.0 Å². The largest absolute Gasteiger partial charge is 0.294 e. The maximum absolute atomic E-state index is 12.4. The number of halogens is 2. The lowest BCUT2D eigenvalue weighted by Gasteiger charge is -2.06. The van der Waals surface area contributed by atoms with Gasteiger partial charge in [0.05, 0.1) is 22.3 Å². The Hall–Kier alpha value is -1.13. The Labute approximate surface area is 132 Å². The Morgan fingerprint density at radius 2 is 2.15 bits per heavy atom. The topological polar surface area (TPSA) is 34.9 Å². The van der Waals surface area contributed by atoms with Crippen molar-refractivity contribution in [2.24, 2.45) is 7.05 Å². The van der Waals surface area contributed by atoms with Crippen LogP contribution in [0.15, 0.2) is 22.7 Å². The summed E-state index contributed by atoms with van der Waals surface area (Å²) in [6.45, 7) is 3.94. The Morgan fingerprint density at radius 3 is 2.70 bits per heavy atom. The number of benzene rings is 1. The first kappa shape index (κ1) is 15.3. The van der Waals surface area contributed by atoms with Gasteiger partial charge in [-0.05, 0) is 53.0 Å². The molecule has 0 saturated heterocycles. The molecule has 0 saturated carbocycles. The molecule has 2 aromatic rings. The molecule has 0 fully saturated rings. The van der Waals surface area contributed by atoms with E-state index in [1.807, 2.05) is 27.0 Å². The molecular formula is C15H16BrClN2O. The van der Waals surface area contributed by atoms with Crippen LogP contribution in [0.5, 0.6) is 0 Å². The molecule has 0 aliphatic carbocycles. The van der Waals surface area contributed by atoms with Gasteiger partial charge in [0, 0.05) is 17.6 Å². The van der Waals surface area contributed by atoms with Gasteiger partial charge < -0.3 is 0 Å². The number of hydrogen-bond donors (Lipinski definition) is 0. The number of nitrogens with zero attached hydrogens (tertiary/aromatic N) is 2. The van der Waals surface area contributed by atoms with Gasteiger partial charge in [0.1, 0.15) is 0 Å². The first-order valence-corrected chi connectivity index (χ1v) is 7.60. The van der Waals surface area contributed by atoms with Gasteiger partial charge in [-0.1, -0.05) is 18.5 Å². The van der Waals surface area contributed by atoms with E-state index < -0.39 is 0 Å². The third kappa shape index (κ3) is 2.96. The average Bonchev–Trinajstić information content (AvgIpc) is 2.66. The Balaban J connectivity index is 2.30. The summed E-state index contributed by atoms with van der Waals surface area (Å²) in [5.74, 6) is 0.0746. The highest BCUT2D eigenvalue weighted by Crippen LogP contribution is 2.24. The van der Waals surface area contributed by atoms with E-state index in [4.69, 9.17) is 11.6 Å². The predicted octanol–water partition coefficient (Wildman–Crippen LogP) is 4.13. The second-order valence-corrected chi connectivity index (χ2v) is 5.97. The van der Waals surface area contributed by atoms with Crippen molar-refractivity contribution < 1.29 is 4.79 Å². The van der Waals surface area contributed by atoms with E-state index in [-0.39, 0.29) is 5.78 Å². The molecule has 0 unspecified atom stereocenters. The number of ketones is 1. The first-order chi connectivity index (χ1) is 9.43. The third-order valence-electron chi connectivity index (χ3n) is 3.32. The second-order valence-electron chi connectivity index (χ2n) is 4.74. The monoisotopic (exact) mass is 354 g/mol. The number of carbonyl (C=O) groups is 1. The fourth-order valence-corrected chi connectivity index (χ4v) is 3.18. The summed E-state index contributed by atoms with van der Waals surface area (Å²) in [4.78, 5) is 12.4. The Bertz CT molecular complexity index is 664. The van der Waals surface area contributed by atoms with Crippen molar-refractivity contribution in [1.82, 2.24) is 9.78 Å². The lowest BCUT2D eigenvalue weighted by molar-refractivity contribution is 0.0990. The van der Waals surface area contributed by atoms with Gasteiger partial charge in [0.15, 0.2) is 5.78 Å². The smallest absolute Gasteiger partial charge is 0.169 e. The number of Topliss-reactive ketones (excluding diaryl/α,β-unsaturated/α-hetero) is 1. The Morgan fingerprint density at radius 1 is 1.45 bits per heavy atom. The molecule has 0 bridgehead atoms. The Kier molecular flexibility index (Phi) is 4.66. The lowest BCUT2D eigenvalue weighted by atomic mass is 10.0. The molecule has 1 heterocycles. The highest BCUT2D eigenvalue weighted by atomic mass is 79.9. The molecule has 3 nitrogen and oxygen atoms in total.